The van der Waals surface area contributed by atoms with Crippen LogP contribution in [0, 0.1) is 6.92 Å². The maximum atomic E-state index is 12.3. The maximum absolute atomic E-state index is 12.3. The molecule has 1 aromatic carbocycles. The third-order valence-corrected chi connectivity index (χ3v) is 13.0. The van der Waals surface area contributed by atoms with Gasteiger partial charge in [0.15, 0.2) is 17.1 Å². The normalized spacial score (nSPS) is 11.0. The van der Waals surface area contributed by atoms with Crippen molar-refractivity contribution >= 4 is 69.6 Å². The molecule has 0 unspecified atom stereocenters. The van der Waals surface area contributed by atoms with E-state index in [9.17, 15) is 28.8 Å². The van der Waals surface area contributed by atoms with Crippen molar-refractivity contribution in [1.82, 2.24) is 92.3 Å². The molecule has 0 bridgehead atoms. The first-order chi connectivity index (χ1) is 47.5. The highest BCUT2D eigenvalue weighted by molar-refractivity contribution is 6.02. The van der Waals surface area contributed by atoms with Gasteiger partial charge < -0.3 is 63.8 Å². The number of rotatable bonds is 26. The average Bonchev–Trinajstić information content (AvgIpc) is 1.67. The lowest BCUT2D eigenvalue weighted by molar-refractivity contribution is 0.0926. The molecule has 0 atom stereocenters. The first kappa shape index (κ1) is 88.2. The van der Waals surface area contributed by atoms with Crippen LogP contribution in [0.25, 0.3) is 11.3 Å². The SMILES string of the molecule is CC(C)NC(=O)c1[nH]nc(-c2ccccc2)c1NC(C)C.CC(C)NC(=O)c1[nH]ncc1NC(C)C.CC(C)NC(=O)c1c(NC(C)C)cnn1C.CC(C)NC(=O)c1n[nH]c(C(C)C)c1NC(C)C.CC(C)NC(=O)c1nn(C)cc1NC(C)C.Cc1[nH]nc(C(=O)NC(C)C)c1NC(C)C. The number of amides is 6. The molecule has 0 saturated carbocycles. The zero-order chi connectivity index (χ0) is 77.6. The summed E-state index contributed by atoms with van der Waals surface area (Å²) in [5, 5.41) is 72.4. The van der Waals surface area contributed by atoms with Gasteiger partial charge in [-0.25, -0.2) is 0 Å². The molecular formula is C72H124N24O6. The topological polar surface area (TPSA) is 397 Å². The molecule has 6 heterocycles. The number of nitrogens with zero attached hydrogens (tertiary/aromatic N) is 8. The predicted octanol–water partition coefficient (Wildman–Crippen LogP) is 11.3. The van der Waals surface area contributed by atoms with E-state index in [2.05, 4.69) is 129 Å². The fraction of sp³-hybridized carbons (Fsp3) is 0.583. The minimum Gasteiger partial charge on any atom is -0.380 e. The van der Waals surface area contributed by atoms with Gasteiger partial charge >= 0.3 is 0 Å². The number of carbonyl (C=O) groups excluding carboxylic acids is 6. The first-order valence-corrected chi connectivity index (χ1v) is 35.3. The van der Waals surface area contributed by atoms with E-state index in [0.29, 0.717) is 40.1 Å². The van der Waals surface area contributed by atoms with E-state index in [1.165, 1.54) is 0 Å². The molecule has 0 spiro atoms. The smallest absolute Gasteiger partial charge is 0.274 e. The van der Waals surface area contributed by atoms with Crippen LogP contribution in [-0.4, -0.2) is 168 Å². The Morgan fingerprint density at radius 2 is 0.784 bits per heavy atom. The first-order valence-electron chi connectivity index (χ1n) is 35.3. The van der Waals surface area contributed by atoms with Gasteiger partial charge in [0.1, 0.15) is 22.8 Å². The molecule has 0 aliphatic carbocycles. The second-order valence-corrected chi connectivity index (χ2v) is 28.6. The second-order valence-electron chi connectivity index (χ2n) is 28.6. The molecule has 0 radical (unpaired) electrons. The van der Waals surface area contributed by atoms with Gasteiger partial charge in [-0.05, 0) is 179 Å². The van der Waals surface area contributed by atoms with Crippen molar-refractivity contribution in [3.05, 3.63) is 94.5 Å². The van der Waals surface area contributed by atoms with E-state index in [0.717, 1.165) is 56.8 Å². The van der Waals surface area contributed by atoms with Crippen molar-refractivity contribution < 1.29 is 28.8 Å². The number of aromatic amines is 4. The molecule has 0 fully saturated rings. The Balaban J connectivity index is 0.000000418. The summed E-state index contributed by atoms with van der Waals surface area (Å²) in [5.41, 5.74) is 11.1. The van der Waals surface area contributed by atoms with Crippen LogP contribution in [0.2, 0.25) is 0 Å². The highest BCUT2D eigenvalue weighted by atomic mass is 16.2. The lowest BCUT2D eigenvalue weighted by Gasteiger charge is -2.14. The summed E-state index contributed by atoms with van der Waals surface area (Å²) in [5.74, 6) is -0.525. The summed E-state index contributed by atoms with van der Waals surface area (Å²) in [6.07, 6.45) is 5.11. The summed E-state index contributed by atoms with van der Waals surface area (Å²) < 4.78 is 3.22. The van der Waals surface area contributed by atoms with Gasteiger partial charge in [-0.1, -0.05) is 44.2 Å². The fourth-order valence-electron chi connectivity index (χ4n) is 9.24. The number of hydrogen-bond acceptors (Lipinski definition) is 18. The van der Waals surface area contributed by atoms with Crippen LogP contribution in [0.3, 0.4) is 0 Å². The van der Waals surface area contributed by atoms with Crippen molar-refractivity contribution in [2.45, 2.75) is 265 Å². The maximum Gasteiger partial charge on any atom is 0.274 e. The third kappa shape index (κ3) is 30.9. The van der Waals surface area contributed by atoms with Gasteiger partial charge in [0.2, 0.25) is 0 Å². The highest BCUT2D eigenvalue weighted by Crippen LogP contribution is 2.30. The Hall–Kier alpha value is -9.90. The summed E-state index contributed by atoms with van der Waals surface area (Å²) in [7, 11) is 3.57. The lowest BCUT2D eigenvalue weighted by Crippen LogP contribution is -2.32. The third-order valence-electron chi connectivity index (χ3n) is 13.0. The summed E-state index contributed by atoms with van der Waals surface area (Å²) in [6.45, 7) is 53.5. The highest BCUT2D eigenvalue weighted by Gasteiger charge is 2.25. The van der Waals surface area contributed by atoms with Crippen LogP contribution < -0.4 is 63.8 Å². The molecule has 0 saturated heterocycles. The lowest BCUT2D eigenvalue weighted by atomic mass is 10.1. The number of aryl methyl sites for hydroxylation is 3. The Bertz CT molecular complexity index is 3620. The van der Waals surface area contributed by atoms with Crippen LogP contribution in [0.4, 0.5) is 34.1 Å². The minimum absolute atomic E-state index is 0.0767. The number of anilines is 6. The zero-order valence-electron chi connectivity index (χ0n) is 66.2. The number of benzene rings is 1. The van der Waals surface area contributed by atoms with Gasteiger partial charge in [-0.3, -0.25) is 58.5 Å². The summed E-state index contributed by atoms with van der Waals surface area (Å²) in [4.78, 5) is 71.6. The molecular weight excluding hydrogens is 1300 g/mol. The Morgan fingerprint density at radius 1 is 0.382 bits per heavy atom. The molecule has 0 aliphatic rings. The van der Waals surface area contributed by atoms with Gasteiger partial charge in [-0.2, -0.15) is 30.6 Å². The molecule has 7 rings (SSSR count). The Morgan fingerprint density at radius 3 is 1.25 bits per heavy atom. The number of hydrogen-bond donors (Lipinski definition) is 16. The molecule has 7 aromatic rings. The van der Waals surface area contributed by atoms with Crippen LogP contribution in [0.1, 0.15) is 260 Å². The van der Waals surface area contributed by atoms with Gasteiger partial charge in [-0.15, -0.1) is 0 Å². The number of aromatic nitrogens is 12. The molecule has 6 aromatic heterocycles. The van der Waals surface area contributed by atoms with Crippen molar-refractivity contribution in [2.75, 3.05) is 31.9 Å². The summed E-state index contributed by atoms with van der Waals surface area (Å²) in [6, 6.07) is 12.0. The standard InChI is InChI=1S/C16H22N4O.C13H24N4O.3C11H20N4O.C10H18N4O/c1-10(2)17-14-13(12-8-6-5-7-9-12)19-20-15(14)16(21)18-11(3)4;1-7(2)10-11(14-8(3)4)12(17-16-10)13(18)15-9(5)6;1-7(2)12-9-6-15(5)14-10(9)11(16)13-8(3)4;1-7(2)13-9-6-12-15(5)10(9)11(16)14-8(3)4;1-6(2)12-9-8(5)14-15-10(9)11(16)13-7(3)4;1-6(2)12-8-5-11-14-9(8)10(15)13-7(3)4/h5-11,17H,1-4H3,(H,18,21)(H,19,20);7-9,14H,1-6H3,(H,15,18)(H,16,17);6-8,12H,1-5H3,(H,13,16);6-8,13H,1-5H3,(H,14,16);6-7,12H,1-5H3,(H,13,16)(H,14,15);5-7,12H,1-4H3,(H,11,14)(H,13,15). The second kappa shape index (κ2) is 43.0. The quantitative estimate of drug-likeness (QED) is 0.0239. The predicted molar refractivity (Wildman–Crippen MR) is 413 cm³/mol. The minimum atomic E-state index is -0.150. The number of nitrogens with one attached hydrogen (secondary N) is 16. The Labute approximate surface area is 605 Å². The van der Waals surface area contributed by atoms with Crippen LogP contribution >= 0.6 is 0 Å². The number of H-pyrrole nitrogens is 4. The monoisotopic (exact) mass is 1420 g/mol. The molecule has 0 aliphatic heterocycles. The molecule has 568 valence electrons. The van der Waals surface area contributed by atoms with Crippen LogP contribution in [-0.2, 0) is 14.1 Å². The molecule has 102 heavy (non-hydrogen) atoms. The van der Waals surface area contributed by atoms with E-state index in [-0.39, 0.29) is 108 Å². The van der Waals surface area contributed by atoms with Crippen molar-refractivity contribution in [3.63, 3.8) is 0 Å². The van der Waals surface area contributed by atoms with Crippen LogP contribution in [0.15, 0.2) is 48.9 Å². The average molecular weight is 1420 g/mol. The largest absolute Gasteiger partial charge is 0.380 e. The molecule has 30 heteroatoms. The summed E-state index contributed by atoms with van der Waals surface area (Å²) >= 11 is 0. The fourth-order valence-corrected chi connectivity index (χ4v) is 9.24. The molecule has 6 amide bonds. The van der Waals surface area contributed by atoms with Crippen molar-refractivity contribution in [3.8, 4) is 11.3 Å². The van der Waals surface area contributed by atoms with E-state index in [4.69, 9.17) is 0 Å². The van der Waals surface area contributed by atoms with Gasteiger partial charge in [0.25, 0.3) is 35.4 Å². The van der Waals surface area contributed by atoms with Gasteiger partial charge in [0, 0.05) is 98.4 Å². The van der Waals surface area contributed by atoms with Crippen LogP contribution in [0.5, 0.6) is 0 Å². The van der Waals surface area contributed by atoms with E-state index in [1.54, 1.807) is 35.9 Å². The molecule has 16 N–H and O–H groups in total. The van der Waals surface area contributed by atoms with E-state index in [1.807, 2.05) is 210 Å². The molecule has 30 nitrogen and oxygen atoms in total. The Kier molecular flexibility index (Phi) is 37.2. The van der Waals surface area contributed by atoms with Gasteiger partial charge in [0.05, 0.1) is 57.9 Å². The van der Waals surface area contributed by atoms with E-state index < -0.39 is 0 Å². The number of carbonyl (C=O) groups is 6. The van der Waals surface area contributed by atoms with E-state index >= 15 is 0 Å². The van der Waals surface area contributed by atoms with Crippen molar-refractivity contribution in [1.29, 1.82) is 0 Å². The zero-order valence-corrected chi connectivity index (χ0v) is 66.2. The van der Waals surface area contributed by atoms with Crippen molar-refractivity contribution in [2.24, 2.45) is 14.1 Å².